The summed E-state index contributed by atoms with van der Waals surface area (Å²) in [6.45, 7) is 3.61. The van der Waals surface area contributed by atoms with Gasteiger partial charge in [0, 0.05) is 29.8 Å². The fourth-order valence-corrected chi connectivity index (χ4v) is 5.16. The van der Waals surface area contributed by atoms with Crippen LogP contribution < -0.4 is 9.41 Å². The van der Waals surface area contributed by atoms with Gasteiger partial charge in [0.05, 0.1) is 13.3 Å². The van der Waals surface area contributed by atoms with Gasteiger partial charge in [-0.25, -0.2) is 13.8 Å². The van der Waals surface area contributed by atoms with E-state index in [1.54, 1.807) is 43.8 Å². The number of halogens is 2. The summed E-state index contributed by atoms with van der Waals surface area (Å²) in [5.41, 5.74) is 4.06. The van der Waals surface area contributed by atoms with E-state index in [1.807, 2.05) is 19.1 Å². The zero-order valence-corrected chi connectivity index (χ0v) is 18.8. The van der Waals surface area contributed by atoms with Crippen molar-refractivity contribution in [3.8, 4) is 5.75 Å². The molecule has 0 aliphatic heterocycles. The second kappa shape index (κ2) is 8.87. The number of hydrogen-bond donors (Lipinski definition) is 0. The van der Waals surface area contributed by atoms with Crippen LogP contribution in [0.15, 0.2) is 59.4 Å². The summed E-state index contributed by atoms with van der Waals surface area (Å²) in [6, 6.07) is 9.94. The summed E-state index contributed by atoms with van der Waals surface area (Å²) in [5.74, 6) is -2.20. The third kappa shape index (κ3) is 4.69. The van der Waals surface area contributed by atoms with Crippen molar-refractivity contribution in [3.63, 3.8) is 0 Å². The predicted molar refractivity (Wildman–Crippen MR) is 123 cm³/mol. The molecule has 0 radical (unpaired) electrons. The summed E-state index contributed by atoms with van der Waals surface area (Å²) in [6.07, 6.45) is 6.72. The Morgan fingerprint density at radius 3 is 2.84 bits per heavy atom. The smallest absolute Gasteiger partial charge is 0.248 e. The summed E-state index contributed by atoms with van der Waals surface area (Å²) >= 11 is 1.55. The Morgan fingerprint density at radius 2 is 2.06 bits per heavy atom. The molecule has 0 saturated heterocycles. The minimum Gasteiger partial charge on any atom is -0.494 e. The Morgan fingerprint density at radius 1 is 1.23 bits per heavy atom. The Balaban J connectivity index is 1.83. The average Bonchev–Trinajstić information content (AvgIpc) is 2.92. The van der Waals surface area contributed by atoms with Gasteiger partial charge in [-0.05, 0) is 54.3 Å². The Hall–Kier alpha value is -2.60. The molecule has 1 aromatic carbocycles. The molecule has 31 heavy (non-hydrogen) atoms. The summed E-state index contributed by atoms with van der Waals surface area (Å²) in [4.78, 5) is 8.83. The van der Waals surface area contributed by atoms with Crippen molar-refractivity contribution in [3.05, 3.63) is 70.2 Å². The Labute approximate surface area is 185 Å². The lowest BCUT2D eigenvalue weighted by atomic mass is 9.84. The lowest BCUT2D eigenvalue weighted by molar-refractivity contribution is -0.0179. The molecule has 3 nitrogen and oxygen atoms in total. The number of allylic oxidation sites excluding steroid dienone is 2. The maximum atomic E-state index is 14.4. The standard InChI is InChI=1S/C25H26F2N2OS/c1-4-25(26,27)14-18-13-16(2)5-6-17-7-9-22-19(24(17)18)8-10-23(31-22)29-20-15-28-12-11-21(20)30-3/h5,7-12,15,18H,4,6,13-14H2,1-3H3. The van der Waals surface area contributed by atoms with Crippen LogP contribution in [-0.4, -0.2) is 18.0 Å². The van der Waals surface area contributed by atoms with Crippen molar-refractivity contribution in [2.45, 2.75) is 51.4 Å². The van der Waals surface area contributed by atoms with Crippen molar-refractivity contribution in [2.24, 2.45) is 4.99 Å². The van der Waals surface area contributed by atoms with E-state index >= 15 is 0 Å². The van der Waals surface area contributed by atoms with Crippen molar-refractivity contribution >= 4 is 27.1 Å². The molecule has 0 bridgehead atoms. The maximum Gasteiger partial charge on any atom is 0.248 e. The van der Waals surface area contributed by atoms with E-state index in [0.717, 1.165) is 32.3 Å². The van der Waals surface area contributed by atoms with Crippen LogP contribution in [0.25, 0.3) is 10.1 Å². The number of pyridine rings is 1. The van der Waals surface area contributed by atoms with E-state index in [-0.39, 0.29) is 18.8 Å². The van der Waals surface area contributed by atoms with Crippen molar-refractivity contribution in [1.29, 1.82) is 0 Å². The number of fused-ring (bicyclic) bond motifs is 3. The molecule has 1 aliphatic carbocycles. The first-order valence-corrected chi connectivity index (χ1v) is 11.3. The van der Waals surface area contributed by atoms with E-state index in [0.29, 0.717) is 17.9 Å². The Kier molecular flexibility index (Phi) is 6.19. The summed E-state index contributed by atoms with van der Waals surface area (Å²) in [7, 11) is 1.61. The molecule has 0 fully saturated rings. The number of aromatic nitrogens is 1. The minimum absolute atomic E-state index is 0.121. The third-order valence-corrected chi connectivity index (χ3v) is 6.88. The molecule has 0 saturated carbocycles. The number of nitrogens with zero attached hydrogens (tertiary/aromatic N) is 2. The number of hydrogen-bond acceptors (Lipinski definition) is 4. The van der Waals surface area contributed by atoms with Gasteiger partial charge in [0.1, 0.15) is 16.1 Å². The molecule has 1 aliphatic rings. The fourth-order valence-electron chi connectivity index (χ4n) is 4.23. The van der Waals surface area contributed by atoms with E-state index in [4.69, 9.17) is 9.73 Å². The van der Waals surface area contributed by atoms with Crippen LogP contribution in [0.4, 0.5) is 14.5 Å². The van der Waals surface area contributed by atoms with Crippen LogP contribution in [0, 0.1) is 0 Å². The SMILES string of the molecule is CCC(F)(F)CC1CC(C)=CCc2ccc3sc(=Nc4cnccc4OC)ccc3c21. The zero-order valence-electron chi connectivity index (χ0n) is 18.0. The molecule has 0 amide bonds. The van der Waals surface area contributed by atoms with E-state index < -0.39 is 5.92 Å². The van der Waals surface area contributed by atoms with Crippen molar-refractivity contribution in [1.82, 2.24) is 4.98 Å². The highest BCUT2D eigenvalue weighted by atomic mass is 32.1. The third-order valence-electron chi connectivity index (χ3n) is 5.87. The number of ether oxygens (including phenoxy) is 1. The van der Waals surface area contributed by atoms with Crippen molar-refractivity contribution < 1.29 is 13.5 Å². The predicted octanol–water partition coefficient (Wildman–Crippen LogP) is 6.95. The normalized spacial score (nSPS) is 17.3. The molecule has 1 unspecified atom stereocenters. The fraction of sp³-hybridized carbons (Fsp3) is 0.360. The largest absolute Gasteiger partial charge is 0.494 e. The molecule has 2 aromatic heterocycles. The molecule has 3 aromatic rings. The van der Waals surface area contributed by atoms with Gasteiger partial charge < -0.3 is 4.74 Å². The first-order chi connectivity index (χ1) is 14.9. The molecule has 0 spiro atoms. The van der Waals surface area contributed by atoms with Gasteiger partial charge in [0.25, 0.3) is 0 Å². The van der Waals surface area contributed by atoms with Crippen LogP contribution in [0.1, 0.15) is 50.2 Å². The maximum absolute atomic E-state index is 14.4. The highest BCUT2D eigenvalue weighted by molar-refractivity contribution is 7.16. The summed E-state index contributed by atoms with van der Waals surface area (Å²) < 4.78 is 36.1. The molecule has 6 heteroatoms. The highest BCUT2D eigenvalue weighted by Gasteiger charge is 2.33. The lowest BCUT2D eigenvalue weighted by Crippen LogP contribution is -2.19. The van der Waals surface area contributed by atoms with Gasteiger partial charge in [0.2, 0.25) is 5.92 Å². The number of benzene rings is 1. The molecule has 2 heterocycles. The van der Waals surface area contributed by atoms with Gasteiger partial charge in [0.15, 0.2) is 0 Å². The monoisotopic (exact) mass is 440 g/mol. The Bertz CT molecular complexity index is 1200. The van der Waals surface area contributed by atoms with Gasteiger partial charge in [-0.1, -0.05) is 30.7 Å². The quantitative estimate of drug-likeness (QED) is 0.402. The van der Waals surface area contributed by atoms with Crippen LogP contribution in [0.2, 0.25) is 0 Å². The molecule has 0 N–H and O–H groups in total. The van der Waals surface area contributed by atoms with E-state index in [2.05, 4.69) is 23.2 Å². The van der Waals surface area contributed by atoms with Crippen LogP contribution in [0.5, 0.6) is 5.75 Å². The van der Waals surface area contributed by atoms with Crippen LogP contribution >= 0.6 is 11.3 Å². The van der Waals surface area contributed by atoms with Crippen LogP contribution in [-0.2, 0) is 6.42 Å². The lowest BCUT2D eigenvalue weighted by Gasteiger charge is -2.25. The topological polar surface area (TPSA) is 34.5 Å². The molecular formula is C25H26F2N2OS. The first kappa shape index (κ1) is 21.6. The van der Waals surface area contributed by atoms with Gasteiger partial charge in [-0.2, -0.15) is 0 Å². The number of rotatable bonds is 5. The number of methoxy groups -OCH3 is 1. The summed E-state index contributed by atoms with van der Waals surface area (Å²) in [5, 5.41) is 1.06. The zero-order chi connectivity index (χ0) is 22.0. The second-order valence-electron chi connectivity index (χ2n) is 8.05. The van der Waals surface area contributed by atoms with Gasteiger partial charge in [-0.3, -0.25) is 4.98 Å². The van der Waals surface area contributed by atoms with E-state index in [9.17, 15) is 8.78 Å². The van der Waals surface area contributed by atoms with E-state index in [1.165, 1.54) is 5.57 Å². The van der Waals surface area contributed by atoms with Gasteiger partial charge >= 0.3 is 0 Å². The first-order valence-electron chi connectivity index (χ1n) is 10.5. The molecule has 4 rings (SSSR count). The minimum atomic E-state index is -2.66. The molecule has 1 atom stereocenters. The average molecular weight is 441 g/mol. The van der Waals surface area contributed by atoms with Gasteiger partial charge in [-0.15, -0.1) is 11.3 Å². The highest BCUT2D eigenvalue weighted by Crippen LogP contribution is 2.42. The van der Waals surface area contributed by atoms with Crippen LogP contribution in [0.3, 0.4) is 0 Å². The second-order valence-corrected chi connectivity index (χ2v) is 9.11. The number of alkyl halides is 2. The molecular weight excluding hydrogens is 414 g/mol. The molecule has 162 valence electrons. The van der Waals surface area contributed by atoms with Crippen molar-refractivity contribution in [2.75, 3.05) is 7.11 Å².